The van der Waals surface area contributed by atoms with Gasteiger partial charge in [0.1, 0.15) is 0 Å². The van der Waals surface area contributed by atoms with Crippen molar-refractivity contribution in [3.8, 4) is 0 Å². The van der Waals surface area contributed by atoms with Crippen LogP contribution in [0, 0.1) is 0 Å². The number of hydrogen-bond donors (Lipinski definition) is 1. The van der Waals surface area contributed by atoms with Gasteiger partial charge in [0.05, 0.1) is 7.11 Å². The minimum absolute atomic E-state index is 1.17. The molecule has 0 aromatic carbocycles. The molecule has 1 radical (unpaired) electrons. The van der Waals surface area contributed by atoms with E-state index in [1.54, 1.807) is 0 Å². The fourth-order valence-corrected chi connectivity index (χ4v) is 0. The van der Waals surface area contributed by atoms with Gasteiger partial charge in [0.15, 0.2) is 0 Å². The summed E-state index contributed by atoms with van der Waals surface area (Å²) in [6, 6.07) is 0. The average Bonchev–Trinajstić information content (AvgIpc) is 1.38. The van der Waals surface area contributed by atoms with Crippen LogP contribution in [0.5, 0.6) is 0 Å². The Hall–Kier alpha value is 0.0200. The molecule has 1 unspecified atom stereocenters. The molecule has 31 valence electrons. The summed E-state index contributed by atoms with van der Waals surface area (Å²) in [6.07, 6.45) is 0. The van der Waals surface area contributed by atoms with Crippen molar-refractivity contribution < 1.29 is 14.0 Å². The van der Waals surface area contributed by atoms with Gasteiger partial charge in [-0.2, -0.15) is 0 Å². The van der Waals surface area contributed by atoms with Crippen LogP contribution in [0.4, 0.5) is 0 Å². The van der Waals surface area contributed by atoms with Crippen molar-refractivity contribution in [2.75, 3.05) is 7.11 Å². The van der Waals surface area contributed by atoms with E-state index < -0.39 is 8.25 Å². The maximum atomic E-state index is 9.29. The van der Waals surface area contributed by atoms with Crippen molar-refractivity contribution >= 4 is 8.25 Å². The normalized spacial score (nSPS) is 11.2. The molecule has 0 aromatic heterocycles. The minimum Gasteiger partial charge on any atom is -0.298 e. The maximum Gasteiger partial charge on any atom is 0.365 e. The molecule has 0 bridgehead atoms. The van der Waals surface area contributed by atoms with Crippen LogP contribution >= 0.6 is 8.25 Å². The molecule has 0 aliphatic rings. The smallest absolute Gasteiger partial charge is 0.298 e. The van der Waals surface area contributed by atoms with Crippen LogP contribution in [-0.2, 0) is 9.09 Å². The molecule has 1 atom stereocenters. The van der Waals surface area contributed by atoms with Crippen molar-refractivity contribution in [1.29, 1.82) is 0 Å². The summed E-state index contributed by atoms with van der Waals surface area (Å²) in [5.41, 5.74) is 0. The second kappa shape index (κ2) is 2.27. The molecule has 0 saturated carbocycles. The monoisotopic (exact) mass is 95.0 g/mol. The lowest BCUT2D eigenvalue weighted by molar-refractivity contribution is 0.343. The van der Waals surface area contributed by atoms with Gasteiger partial charge in [0, 0.05) is 0 Å². The zero-order valence-electron chi connectivity index (χ0n) is 2.71. The molecule has 0 aliphatic heterocycles. The van der Waals surface area contributed by atoms with Crippen LogP contribution < -0.4 is 0 Å². The summed E-state index contributed by atoms with van der Waals surface area (Å²) in [4.78, 5) is 7.65. The van der Waals surface area contributed by atoms with Crippen molar-refractivity contribution in [2.24, 2.45) is 0 Å². The van der Waals surface area contributed by atoms with Crippen LogP contribution in [0.1, 0.15) is 0 Å². The molecule has 0 heterocycles. The van der Waals surface area contributed by atoms with Gasteiger partial charge < -0.3 is 0 Å². The van der Waals surface area contributed by atoms with Crippen molar-refractivity contribution in [3.05, 3.63) is 0 Å². The first-order valence-corrected chi connectivity index (χ1v) is 2.10. The van der Waals surface area contributed by atoms with E-state index in [0.29, 0.717) is 0 Å². The van der Waals surface area contributed by atoms with Crippen LogP contribution in [0.25, 0.3) is 0 Å². The summed E-state index contributed by atoms with van der Waals surface area (Å²) in [5, 5.41) is 0. The molecule has 0 fully saturated rings. The van der Waals surface area contributed by atoms with Gasteiger partial charge in [-0.25, -0.2) is 4.57 Å². The zero-order chi connectivity index (χ0) is 4.28. The van der Waals surface area contributed by atoms with Crippen LogP contribution in [0.3, 0.4) is 0 Å². The summed E-state index contributed by atoms with van der Waals surface area (Å²) in [7, 11) is -1.18. The van der Waals surface area contributed by atoms with E-state index in [2.05, 4.69) is 4.52 Å². The SMILES string of the molecule is CO[P](=O)O. The van der Waals surface area contributed by atoms with Gasteiger partial charge in [-0.3, -0.25) is 9.42 Å². The predicted molar refractivity (Wildman–Crippen MR) is 16.8 cm³/mol. The highest BCUT2D eigenvalue weighted by Gasteiger charge is 1.78. The lowest BCUT2D eigenvalue weighted by Crippen LogP contribution is -1.57. The predicted octanol–water partition coefficient (Wildman–Crippen LogP) is 0.282. The fourth-order valence-electron chi connectivity index (χ4n) is 0. The molecule has 5 heavy (non-hydrogen) atoms. The third kappa shape index (κ3) is 4.02. The van der Waals surface area contributed by atoms with Crippen LogP contribution in [-0.4, -0.2) is 12.0 Å². The van der Waals surface area contributed by atoms with Crippen molar-refractivity contribution in [2.45, 2.75) is 0 Å². The lowest BCUT2D eigenvalue weighted by Gasteiger charge is -1.75. The Balaban J connectivity index is 2.85. The minimum atomic E-state index is -2.35. The van der Waals surface area contributed by atoms with E-state index in [1.165, 1.54) is 7.11 Å². The van der Waals surface area contributed by atoms with Crippen molar-refractivity contribution in [3.63, 3.8) is 0 Å². The van der Waals surface area contributed by atoms with E-state index in [9.17, 15) is 4.57 Å². The highest BCUT2D eigenvalue weighted by atomic mass is 31.1. The number of hydrogen-bond acceptors (Lipinski definition) is 2. The topological polar surface area (TPSA) is 46.5 Å². The maximum absolute atomic E-state index is 9.29. The molecular formula is CH4O3P. The Labute approximate surface area is 30.5 Å². The zero-order valence-corrected chi connectivity index (χ0v) is 3.61. The third-order valence-electron chi connectivity index (χ3n) is 0.156. The standard InChI is InChI=1S/CH4O3P/c1-4-5(2)3/h1H3,(H,2,3). The summed E-state index contributed by atoms with van der Waals surface area (Å²) < 4.78 is 13.1. The second-order valence-electron chi connectivity index (χ2n) is 0.420. The Morgan fingerprint density at radius 2 is 2.20 bits per heavy atom. The molecule has 4 heteroatoms. The van der Waals surface area contributed by atoms with Gasteiger partial charge in [0.25, 0.3) is 0 Å². The second-order valence-corrected chi connectivity index (χ2v) is 1.26. The van der Waals surface area contributed by atoms with Gasteiger partial charge in [0.2, 0.25) is 0 Å². The van der Waals surface area contributed by atoms with Gasteiger partial charge >= 0.3 is 8.25 Å². The van der Waals surface area contributed by atoms with Gasteiger partial charge in [-0.05, 0) is 0 Å². The Kier molecular flexibility index (Phi) is 2.28. The molecule has 0 spiro atoms. The molecule has 0 saturated heterocycles. The van der Waals surface area contributed by atoms with E-state index >= 15 is 0 Å². The van der Waals surface area contributed by atoms with Crippen LogP contribution in [0.2, 0.25) is 0 Å². The summed E-state index contributed by atoms with van der Waals surface area (Å²) >= 11 is 0. The largest absolute Gasteiger partial charge is 0.365 e. The van der Waals surface area contributed by atoms with E-state index in [4.69, 9.17) is 4.89 Å². The van der Waals surface area contributed by atoms with Gasteiger partial charge in [-0.1, -0.05) is 0 Å². The highest BCUT2D eigenvalue weighted by Crippen LogP contribution is 2.09. The molecule has 0 amide bonds. The molecule has 0 aliphatic carbocycles. The van der Waals surface area contributed by atoms with Crippen molar-refractivity contribution in [1.82, 2.24) is 0 Å². The first-order chi connectivity index (χ1) is 2.27. The fraction of sp³-hybridized carbons (Fsp3) is 1.00. The summed E-state index contributed by atoms with van der Waals surface area (Å²) in [6.45, 7) is 0. The molecular weight excluding hydrogens is 91.0 g/mol. The molecule has 0 rings (SSSR count). The highest BCUT2D eigenvalue weighted by molar-refractivity contribution is 7.32. The first kappa shape index (κ1) is 5.02. The lowest BCUT2D eigenvalue weighted by atomic mass is 11.8. The van der Waals surface area contributed by atoms with E-state index in [1.807, 2.05) is 0 Å². The number of rotatable bonds is 1. The Morgan fingerprint density at radius 1 is 2.00 bits per heavy atom. The first-order valence-electron chi connectivity index (χ1n) is 0.973. The molecule has 1 N–H and O–H groups in total. The third-order valence-corrected chi connectivity index (χ3v) is 0.469. The molecule has 0 aromatic rings. The quantitative estimate of drug-likeness (QED) is 0.476. The molecule has 3 nitrogen and oxygen atoms in total. The summed E-state index contributed by atoms with van der Waals surface area (Å²) in [5.74, 6) is 0. The van der Waals surface area contributed by atoms with E-state index in [-0.39, 0.29) is 0 Å². The van der Waals surface area contributed by atoms with Gasteiger partial charge in [-0.15, -0.1) is 0 Å². The Bertz CT molecular complexity index is 42.2. The van der Waals surface area contributed by atoms with E-state index in [0.717, 1.165) is 0 Å². The average molecular weight is 95.0 g/mol. The van der Waals surface area contributed by atoms with Crippen LogP contribution in [0.15, 0.2) is 0 Å². The Morgan fingerprint density at radius 3 is 2.20 bits per heavy atom.